The number of fused-ring (bicyclic) bond motifs is 2. The standard InChI is InChI=1S/C16H28N2O2/c1-5-6-9-17-12-10-13-7-8-14(11-12)18(13)15(19)20-16(2,3)4/h5,12-14,17H,1,6-11H2,2-4H3. The Kier molecular flexibility index (Phi) is 4.74. The van der Waals surface area contributed by atoms with Crippen LogP contribution in [0.4, 0.5) is 4.79 Å². The minimum absolute atomic E-state index is 0.130. The Morgan fingerprint density at radius 2 is 1.95 bits per heavy atom. The molecule has 2 aliphatic rings. The maximum Gasteiger partial charge on any atom is 0.410 e. The van der Waals surface area contributed by atoms with Crippen LogP contribution in [-0.4, -0.2) is 41.3 Å². The first kappa shape index (κ1) is 15.4. The highest BCUT2D eigenvalue weighted by Crippen LogP contribution is 2.36. The highest BCUT2D eigenvalue weighted by Gasteiger charge is 2.44. The fraction of sp³-hybridized carbons (Fsp3) is 0.812. The van der Waals surface area contributed by atoms with Crippen molar-refractivity contribution in [1.29, 1.82) is 0 Å². The van der Waals surface area contributed by atoms with Gasteiger partial charge in [0, 0.05) is 18.1 Å². The van der Waals surface area contributed by atoms with Gasteiger partial charge in [0.05, 0.1) is 0 Å². The summed E-state index contributed by atoms with van der Waals surface area (Å²) < 4.78 is 5.55. The zero-order valence-corrected chi connectivity index (χ0v) is 13.0. The van der Waals surface area contributed by atoms with Gasteiger partial charge in [-0.15, -0.1) is 6.58 Å². The minimum Gasteiger partial charge on any atom is -0.444 e. The number of rotatable bonds is 4. The van der Waals surface area contributed by atoms with Gasteiger partial charge in [0.15, 0.2) is 0 Å². The Bertz CT molecular complexity index is 348. The Balaban J connectivity index is 1.90. The summed E-state index contributed by atoms with van der Waals surface area (Å²) in [6.45, 7) is 10.5. The summed E-state index contributed by atoms with van der Waals surface area (Å²) in [6.07, 6.45) is 7.14. The van der Waals surface area contributed by atoms with Crippen LogP contribution in [0.5, 0.6) is 0 Å². The lowest BCUT2D eigenvalue weighted by Gasteiger charge is -2.39. The molecule has 2 saturated heterocycles. The Morgan fingerprint density at radius 1 is 1.35 bits per heavy atom. The van der Waals surface area contributed by atoms with Crippen molar-refractivity contribution >= 4 is 6.09 Å². The van der Waals surface area contributed by atoms with Crippen molar-refractivity contribution in [3.05, 3.63) is 12.7 Å². The molecule has 20 heavy (non-hydrogen) atoms. The summed E-state index contributed by atoms with van der Waals surface area (Å²) in [4.78, 5) is 14.3. The molecule has 1 N–H and O–H groups in total. The number of carbonyl (C=O) groups is 1. The molecule has 2 heterocycles. The van der Waals surface area contributed by atoms with E-state index >= 15 is 0 Å². The third-order valence-corrected chi connectivity index (χ3v) is 4.12. The first-order valence-corrected chi connectivity index (χ1v) is 7.76. The second-order valence-corrected chi connectivity index (χ2v) is 6.97. The molecule has 1 amide bonds. The lowest BCUT2D eigenvalue weighted by molar-refractivity contribution is 0.00478. The SMILES string of the molecule is C=CCCNC1CC2CCC(C1)N2C(=O)OC(C)(C)C. The predicted molar refractivity (Wildman–Crippen MR) is 80.7 cm³/mol. The maximum atomic E-state index is 12.3. The molecule has 4 nitrogen and oxygen atoms in total. The van der Waals surface area contributed by atoms with Crippen LogP contribution in [0.1, 0.15) is 52.9 Å². The highest BCUT2D eigenvalue weighted by atomic mass is 16.6. The van der Waals surface area contributed by atoms with E-state index in [4.69, 9.17) is 4.74 Å². The van der Waals surface area contributed by atoms with Crippen molar-refractivity contribution in [2.24, 2.45) is 0 Å². The second kappa shape index (κ2) is 6.17. The number of hydrogen-bond acceptors (Lipinski definition) is 3. The lowest BCUT2D eigenvalue weighted by atomic mass is 9.97. The van der Waals surface area contributed by atoms with E-state index in [1.165, 1.54) is 0 Å². The van der Waals surface area contributed by atoms with Crippen molar-refractivity contribution < 1.29 is 9.53 Å². The van der Waals surface area contributed by atoms with E-state index in [-0.39, 0.29) is 6.09 Å². The summed E-state index contributed by atoms with van der Waals surface area (Å²) in [7, 11) is 0. The molecule has 2 fully saturated rings. The molecule has 0 aromatic carbocycles. The minimum atomic E-state index is -0.407. The van der Waals surface area contributed by atoms with E-state index in [1.54, 1.807) is 0 Å². The average Bonchev–Trinajstić information content (AvgIpc) is 2.60. The average molecular weight is 280 g/mol. The van der Waals surface area contributed by atoms with Crippen LogP contribution in [0.15, 0.2) is 12.7 Å². The summed E-state index contributed by atoms with van der Waals surface area (Å²) in [5.74, 6) is 0. The van der Waals surface area contributed by atoms with Gasteiger partial charge < -0.3 is 15.0 Å². The normalized spacial score (nSPS) is 29.4. The van der Waals surface area contributed by atoms with Gasteiger partial charge >= 0.3 is 6.09 Å². The Hall–Kier alpha value is -1.03. The molecule has 0 aromatic heterocycles. The lowest BCUT2D eigenvalue weighted by Crippen LogP contribution is -2.52. The molecule has 2 unspecified atom stereocenters. The molecular formula is C16H28N2O2. The van der Waals surface area contributed by atoms with Crippen LogP contribution < -0.4 is 5.32 Å². The third kappa shape index (κ3) is 3.75. The van der Waals surface area contributed by atoms with E-state index in [9.17, 15) is 4.79 Å². The van der Waals surface area contributed by atoms with E-state index in [2.05, 4.69) is 11.9 Å². The van der Waals surface area contributed by atoms with Gasteiger partial charge in [0.1, 0.15) is 5.60 Å². The molecular weight excluding hydrogens is 252 g/mol. The second-order valence-electron chi connectivity index (χ2n) is 6.97. The van der Waals surface area contributed by atoms with Gasteiger partial charge in [-0.2, -0.15) is 0 Å². The van der Waals surface area contributed by atoms with Crippen molar-refractivity contribution in [2.45, 2.75) is 76.6 Å². The van der Waals surface area contributed by atoms with E-state index in [0.29, 0.717) is 18.1 Å². The number of ether oxygens (including phenoxy) is 1. The molecule has 2 aliphatic heterocycles. The molecule has 2 bridgehead atoms. The first-order chi connectivity index (χ1) is 9.40. The molecule has 0 spiro atoms. The highest BCUT2D eigenvalue weighted by molar-refractivity contribution is 5.69. The number of hydrogen-bond donors (Lipinski definition) is 1. The quantitative estimate of drug-likeness (QED) is 0.635. The van der Waals surface area contributed by atoms with Gasteiger partial charge in [-0.05, 0) is 59.4 Å². The molecule has 0 radical (unpaired) electrons. The molecule has 2 atom stereocenters. The fourth-order valence-electron chi connectivity index (χ4n) is 3.35. The summed E-state index contributed by atoms with van der Waals surface area (Å²) >= 11 is 0. The van der Waals surface area contributed by atoms with Gasteiger partial charge in [0.25, 0.3) is 0 Å². The molecule has 0 saturated carbocycles. The number of amides is 1. The van der Waals surface area contributed by atoms with E-state index in [1.807, 2.05) is 31.7 Å². The molecule has 4 heteroatoms. The first-order valence-electron chi connectivity index (χ1n) is 7.76. The zero-order valence-electron chi connectivity index (χ0n) is 13.0. The van der Waals surface area contributed by atoms with Crippen LogP contribution in [-0.2, 0) is 4.74 Å². The summed E-state index contributed by atoms with van der Waals surface area (Å²) in [6, 6.07) is 1.24. The topological polar surface area (TPSA) is 41.6 Å². The number of piperidine rings is 1. The Labute approximate surface area is 122 Å². The van der Waals surface area contributed by atoms with Crippen LogP contribution in [0.3, 0.4) is 0 Å². The monoisotopic (exact) mass is 280 g/mol. The van der Waals surface area contributed by atoms with Crippen LogP contribution in [0.2, 0.25) is 0 Å². The number of nitrogens with zero attached hydrogens (tertiary/aromatic N) is 1. The van der Waals surface area contributed by atoms with Gasteiger partial charge in [-0.3, -0.25) is 0 Å². The van der Waals surface area contributed by atoms with Crippen molar-refractivity contribution in [3.8, 4) is 0 Å². The van der Waals surface area contributed by atoms with Gasteiger partial charge in [-0.1, -0.05) is 6.08 Å². The number of nitrogens with one attached hydrogen (secondary N) is 1. The van der Waals surface area contributed by atoms with Crippen molar-refractivity contribution in [2.75, 3.05) is 6.54 Å². The largest absolute Gasteiger partial charge is 0.444 e. The van der Waals surface area contributed by atoms with E-state index in [0.717, 1.165) is 38.6 Å². The predicted octanol–water partition coefficient (Wildman–Crippen LogP) is 3.08. The van der Waals surface area contributed by atoms with E-state index < -0.39 is 5.60 Å². The molecule has 2 rings (SSSR count). The third-order valence-electron chi connectivity index (χ3n) is 4.12. The Morgan fingerprint density at radius 3 is 2.45 bits per heavy atom. The number of carbonyl (C=O) groups excluding carboxylic acids is 1. The maximum absolute atomic E-state index is 12.3. The fourth-order valence-corrected chi connectivity index (χ4v) is 3.35. The molecule has 0 aromatic rings. The molecule has 0 aliphatic carbocycles. The van der Waals surface area contributed by atoms with Crippen LogP contribution >= 0.6 is 0 Å². The molecule has 114 valence electrons. The van der Waals surface area contributed by atoms with Gasteiger partial charge in [-0.25, -0.2) is 4.79 Å². The summed E-state index contributed by atoms with van der Waals surface area (Å²) in [5.41, 5.74) is -0.407. The van der Waals surface area contributed by atoms with Crippen molar-refractivity contribution in [3.63, 3.8) is 0 Å². The van der Waals surface area contributed by atoms with Crippen molar-refractivity contribution in [1.82, 2.24) is 10.2 Å². The summed E-state index contributed by atoms with van der Waals surface area (Å²) in [5, 5.41) is 3.58. The van der Waals surface area contributed by atoms with Crippen LogP contribution in [0, 0.1) is 0 Å². The van der Waals surface area contributed by atoms with Crippen LogP contribution in [0.25, 0.3) is 0 Å². The smallest absolute Gasteiger partial charge is 0.410 e. The van der Waals surface area contributed by atoms with Gasteiger partial charge in [0.2, 0.25) is 0 Å². The zero-order chi connectivity index (χ0) is 14.8.